The molecule has 1 aromatic rings. The molecule has 0 radical (unpaired) electrons. The van der Waals surface area contributed by atoms with Crippen molar-refractivity contribution in [2.45, 2.75) is 40.0 Å². The number of fused-ring (bicyclic) bond motifs is 2. The minimum absolute atomic E-state index is 0.117. The molecule has 0 N–H and O–H groups in total. The van der Waals surface area contributed by atoms with Crippen LogP contribution in [0.25, 0.3) is 0 Å². The highest BCUT2D eigenvalue weighted by Gasteiger charge is 2.65. The summed E-state index contributed by atoms with van der Waals surface area (Å²) in [7, 11) is -3.59. The molecule has 1 heterocycles. The molecule has 3 rings (SSSR count). The van der Waals surface area contributed by atoms with E-state index in [4.69, 9.17) is 0 Å². The molecule has 2 aliphatic carbocycles. The number of ketones is 1. The van der Waals surface area contributed by atoms with Crippen LogP contribution in [-0.4, -0.2) is 29.1 Å². The lowest BCUT2D eigenvalue weighted by atomic mass is 9.70. The molecule has 0 saturated heterocycles. The summed E-state index contributed by atoms with van der Waals surface area (Å²) in [5.74, 6) is 0.319. The zero-order valence-electron chi connectivity index (χ0n) is 12.1. The second-order valence-electron chi connectivity index (χ2n) is 6.75. The van der Waals surface area contributed by atoms with Crippen LogP contribution < -0.4 is 0 Å². The number of hydrogen-bond donors (Lipinski definition) is 0. The molecule has 2 unspecified atom stereocenters. The van der Waals surface area contributed by atoms with Gasteiger partial charge in [-0.05, 0) is 37.2 Å². The van der Waals surface area contributed by atoms with Crippen molar-refractivity contribution in [1.29, 1.82) is 0 Å². The molecule has 0 aromatic carbocycles. The third-order valence-electron chi connectivity index (χ3n) is 5.55. The summed E-state index contributed by atoms with van der Waals surface area (Å²) >= 11 is 0. The lowest BCUT2D eigenvalue weighted by Gasteiger charge is -2.35. The third kappa shape index (κ3) is 1.63. The second kappa shape index (κ2) is 3.93. The number of nitrogens with zero attached hydrogens (tertiary/aromatic N) is 2. The Hall–Kier alpha value is -1.17. The summed E-state index contributed by atoms with van der Waals surface area (Å²) < 4.78 is 26.2. The third-order valence-corrected chi connectivity index (χ3v) is 7.18. The van der Waals surface area contributed by atoms with E-state index in [2.05, 4.69) is 5.10 Å². The minimum Gasteiger partial charge on any atom is -0.299 e. The van der Waals surface area contributed by atoms with Crippen molar-refractivity contribution in [3.8, 4) is 0 Å². The number of aryl methyl sites for hydroxylation is 1. The number of aromatic nitrogens is 2. The van der Waals surface area contributed by atoms with Crippen LogP contribution in [0.4, 0.5) is 0 Å². The lowest BCUT2D eigenvalue weighted by Crippen LogP contribution is -2.43. The van der Waals surface area contributed by atoms with Crippen LogP contribution in [0.2, 0.25) is 0 Å². The first-order valence-corrected chi connectivity index (χ1v) is 8.59. The predicted molar refractivity (Wildman–Crippen MR) is 74.7 cm³/mol. The zero-order chi connectivity index (χ0) is 14.8. The average molecular weight is 296 g/mol. The zero-order valence-corrected chi connectivity index (χ0v) is 12.9. The highest BCUT2D eigenvalue weighted by molar-refractivity contribution is 7.89. The van der Waals surface area contributed by atoms with Gasteiger partial charge in [0.1, 0.15) is 5.78 Å². The Labute approximate surface area is 119 Å². The monoisotopic (exact) mass is 296 g/mol. The number of carbonyl (C=O) groups excluding carboxylic acids is 1. The second-order valence-corrected chi connectivity index (χ2v) is 8.58. The summed E-state index contributed by atoms with van der Waals surface area (Å²) in [5, 5.41) is 3.99. The highest BCUT2D eigenvalue weighted by atomic mass is 32.2. The lowest BCUT2D eigenvalue weighted by molar-refractivity contribution is -0.128. The van der Waals surface area contributed by atoms with E-state index in [1.165, 1.54) is 6.20 Å². The van der Waals surface area contributed by atoms with Crippen LogP contribution in [0, 0.1) is 23.7 Å². The van der Waals surface area contributed by atoms with Gasteiger partial charge in [0.25, 0.3) is 10.0 Å². The first-order valence-electron chi connectivity index (χ1n) is 6.98. The number of hydrogen-bond acceptors (Lipinski definition) is 4. The van der Waals surface area contributed by atoms with Crippen LogP contribution in [0.1, 0.15) is 38.8 Å². The molecule has 0 spiro atoms. The van der Waals surface area contributed by atoms with Gasteiger partial charge in [-0.25, -0.2) is 8.42 Å². The van der Waals surface area contributed by atoms with Crippen LogP contribution in [0.5, 0.6) is 0 Å². The van der Waals surface area contributed by atoms with E-state index in [0.29, 0.717) is 24.5 Å². The van der Waals surface area contributed by atoms with E-state index < -0.39 is 15.4 Å². The van der Waals surface area contributed by atoms with E-state index in [-0.39, 0.29) is 17.0 Å². The molecule has 2 fully saturated rings. The molecule has 2 atom stereocenters. The molecule has 20 heavy (non-hydrogen) atoms. The molecule has 110 valence electrons. The molecule has 6 heteroatoms. The Morgan fingerprint density at radius 3 is 2.60 bits per heavy atom. The molecule has 1 aromatic heterocycles. The van der Waals surface area contributed by atoms with E-state index in [1.807, 2.05) is 13.8 Å². The normalized spacial score (nSPS) is 31.9. The largest absolute Gasteiger partial charge is 0.299 e. The summed E-state index contributed by atoms with van der Waals surface area (Å²) in [6.07, 6.45) is 3.62. The Kier molecular flexibility index (Phi) is 2.71. The van der Waals surface area contributed by atoms with Crippen molar-refractivity contribution >= 4 is 15.8 Å². The first kappa shape index (κ1) is 13.8. The predicted octanol–water partition coefficient (Wildman–Crippen LogP) is 1.76. The van der Waals surface area contributed by atoms with Crippen LogP contribution in [0.3, 0.4) is 0 Å². The summed E-state index contributed by atoms with van der Waals surface area (Å²) in [6, 6.07) is 1.66. The van der Waals surface area contributed by atoms with Crippen molar-refractivity contribution in [2.75, 3.05) is 5.75 Å². The summed E-state index contributed by atoms with van der Waals surface area (Å²) in [4.78, 5) is 12.4. The Balaban J connectivity index is 2.00. The van der Waals surface area contributed by atoms with E-state index >= 15 is 0 Å². The molecule has 0 amide bonds. The van der Waals surface area contributed by atoms with Crippen LogP contribution in [0.15, 0.2) is 12.3 Å². The van der Waals surface area contributed by atoms with Gasteiger partial charge in [0.05, 0.1) is 16.9 Å². The fraction of sp³-hybridized carbons (Fsp3) is 0.714. The van der Waals surface area contributed by atoms with Gasteiger partial charge in [-0.1, -0.05) is 13.8 Å². The van der Waals surface area contributed by atoms with Gasteiger partial charge in [0, 0.05) is 12.6 Å². The standard InChI is InChI=1S/C14H20N2O3S/c1-10-5-7-16(15-10)20(18,19)9-14-6-4-11(8-12(14)17)13(14,2)3/h5,7,11H,4,6,8-9H2,1-3H3. The Morgan fingerprint density at radius 1 is 1.45 bits per heavy atom. The molecule has 2 aliphatic rings. The maximum atomic E-state index is 12.6. The molecule has 5 nitrogen and oxygen atoms in total. The summed E-state index contributed by atoms with van der Waals surface area (Å²) in [5.41, 5.74) is -0.303. The summed E-state index contributed by atoms with van der Waals surface area (Å²) in [6.45, 7) is 5.83. The highest BCUT2D eigenvalue weighted by Crippen LogP contribution is 2.64. The van der Waals surface area contributed by atoms with E-state index in [0.717, 1.165) is 10.5 Å². The molecule has 0 aliphatic heterocycles. The van der Waals surface area contributed by atoms with Crippen LogP contribution >= 0.6 is 0 Å². The van der Waals surface area contributed by atoms with Gasteiger partial charge < -0.3 is 0 Å². The minimum atomic E-state index is -3.59. The van der Waals surface area contributed by atoms with Gasteiger partial charge in [-0.3, -0.25) is 4.79 Å². The van der Waals surface area contributed by atoms with Crippen molar-refractivity contribution in [2.24, 2.45) is 16.7 Å². The number of carbonyl (C=O) groups is 1. The van der Waals surface area contributed by atoms with Gasteiger partial charge in [-0.2, -0.15) is 9.19 Å². The fourth-order valence-corrected chi connectivity index (χ4v) is 5.97. The maximum Gasteiger partial charge on any atom is 0.254 e. The molecular formula is C14H20N2O3S. The quantitative estimate of drug-likeness (QED) is 0.852. The van der Waals surface area contributed by atoms with Gasteiger partial charge in [-0.15, -0.1) is 0 Å². The van der Waals surface area contributed by atoms with Crippen molar-refractivity contribution in [3.05, 3.63) is 18.0 Å². The molecular weight excluding hydrogens is 276 g/mol. The average Bonchev–Trinajstić information content (AvgIpc) is 2.91. The SMILES string of the molecule is Cc1ccn(S(=O)(=O)CC23CCC(CC2=O)C3(C)C)n1. The van der Waals surface area contributed by atoms with Crippen molar-refractivity contribution < 1.29 is 13.2 Å². The first-order chi connectivity index (χ1) is 9.19. The topological polar surface area (TPSA) is 69.0 Å². The van der Waals surface area contributed by atoms with E-state index in [1.54, 1.807) is 13.0 Å². The number of rotatable bonds is 3. The van der Waals surface area contributed by atoms with Gasteiger partial charge >= 0.3 is 0 Å². The van der Waals surface area contributed by atoms with Crippen molar-refractivity contribution in [3.63, 3.8) is 0 Å². The van der Waals surface area contributed by atoms with Gasteiger partial charge in [0.15, 0.2) is 0 Å². The van der Waals surface area contributed by atoms with Crippen LogP contribution in [-0.2, 0) is 14.8 Å². The number of Topliss-reactive ketones (excluding diaryl/α,β-unsaturated/α-hetero) is 1. The van der Waals surface area contributed by atoms with Gasteiger partial charge in [0.2, 0.25) is 0 Å². The maximum absolute atomic E-state index is 12.6. The smallest absolute Gasteiger partial charge is 0.254 e. The van der Waals surface area contributed by atoms with E-state index in [9.17, 15) is 13.2 Å². The Morgan fingerprint density at radius 2 is 2.15 bits per heavy atom. The molecule has 2 bridgehead atoms. The van der Waals surface area contributed by atoms with Crippen molar-refractivity contribution in [1.82, 2.24) is 9.19 Å². The fourth-order valence-electron chi connectivity index (χ4n) is 4.03. The molecule has 2 saturated carbocycles. The Bertz CT molecular complexity index is 674.